The third kappa shape index (κ3) is 4.51. The highest BCUT2D eigenvalue weighted by atomic mass is 15.0. The van der Waals surface area contributed by atoms with E-state index in [1.807, 2.05) is 36.4 Å². The summed E-state index contributed by atoms with van der Waals surface area (Å²) >= 11 is 0. The Balaban J connectivity index is 1.17. The highest BCUT2D eigenvalue weighted by Crippen LogP contribution is 2.40. The highest BCUT2D eigenvalue weighted by molar-refractivity contribution is 6.13. The van der Waals surface area contributed by atoms with Crippen LogP contribution < -0.4 is 0 Å². The van der Waals surface area contributed by atoms with Crippen LogP contribution in [0.1, 0.15) is 11.1 Å². The topological polar surface area (TPSA) is 62.4 Å². The van der Waals surface area contributed by atoms with Crippen LogP contribution in [0.4, 0.5) is 0 Å². The first kappa shape index (κ1) is 30.7. The average Bonchev–Trinajstić information content (AvgIpc) is 3.88. The van der Waals surface area contributed by atoms with E-state index in [0.717, 1.165) is 82.8 Å². The highest BCUT2D eigenvalue weighted by Gasteiger charge is 2.20. The molecule has 11 rings (SSSR count). The molecule has 11 aromatic rings. The molecule has 55 heavy (non-hydrogen) atoms. The van der Waals surface area contributed by atoms with Crippen molar-refractivity contribution in [2.75, 3.05) is 0 Å². The van der Waals surface area contributed by atoms with Gasteiger partial charge < -0.3 is 13.7 Å². The van der Waals surface area contributed by atoms with Gasteiger partial charge in [-0.05, 0) is 90.5 Å². The van der Waals surface area contributed by atoms with Crippen LogP contribution in [-0.2, 0) is 0 Å². The van der Waals surface area contributed by atoms with Crippen molar-refractivity contribution in [3.63, 3.8) is 0 Å². The second-order valence-electron chi connectivity index (χ2n) is 14.0. The van der Waals surface area contributed by atoms with Crippen molar-refractivity contribution in [2.24, 2.45) is 0 Å². The van der Waals surface area contributed by atoms with Crippen molar-refractivity contribution in [2.45, 2.75) is 0 Å². The molecule has 0 N–H and O–H groups in total. The summed E-state index contributed by atoms with van der Waals surface area (Å²) in [5, 5.41) is 26.8. The van der Waals surface area contributed by atoms with E-state index in [1.165, 1.54) is 10.8 Å². The minimum atomic E-state index is 0.594. The quantitative estimate of drug-likeness (QED) is 0.184. The monoisotopic (exact) mass is 699 g/mol. The van der Waals surface area contributed by atoms with Crippen LogP contribution in [0.5, 0.6) is 0 Å². The van der Waals surface area contributed by atoms with Crippen molar-refractivity contribution < 1.29 is 0 Å². The molecule has 0 saturated carbocycles. The van der Waals surface area contributed by atoms with Gasteiger partial charge in [0.1, 0.15) is 0 Å². The summed E-state index contributed by atoms with van der Waals surface area (Å²) < 4.78 is 6.98. The Morgan fingerprint density at radius 3 is 1.44 bits per heavy atom. The largest absolute Gasteiger partial charge is 0.309 e. The third-order valence-electron chi connectivity index (χ3n) is 11.1. The number of para-hydroxylation sites is 4. The molecule has 3 aromatic heterocycles. The molecule has 0 spiro atoms. The van der Waals surface area contributed by atoms with Crippen LogP contribution >= 0.6 is 0 Å². The van der Waals surface area contributed by atoms with Crippen LogP contribution in [0.25, 0.3) is 93.6 Å². The molecule has 0 unspecified atom stereocenters. The maximum absolute atomic E-state index is 10.2. The summed E-state index contributed by atoms with van der Waals surface area (Å²) in [6, 6.07) is 66.1. The number of rotatable bonds is 4. The third-order valence-corrected chi connectivity index (χ3v) is 11.1. The van der Waals surface area contributed by atoms with E-state index in [1.54, 1.807) is 0 Å². The number of benzene rings is 8. The van der Waals surface area contributed by atoms with E-state index in [9.17, 15) is 10.5 Å². The Bertz CT molecular complexity index is 3420. The second-order valence-corrected chi connectivity index (χ2v) is 14.0. The minimum absolute atomic E-state index is 0.594. The molecule has 0 atom stereocenters. The number of aromatic nitrogens is 3. The fraction of sp³-hybridized carbons (Fsp3) is 0. The van der Waals surface area contributed by atoms with E-state index in [2.05, 4.69) is 165 Å². The molecule has 5 nitrogen and oxygen atoms in total. The zero-order chi connectivity index (χ0) is 36.6. The Labute approximate surface area is 316 Å². The second kappa shape index (κ2) is 11.8. The molecule has 8 aromatic carbocycles. The zero-order valence-electron chi connectivity index (χ0n) is 29.5. The molecule has 3 heterocycles. The minimum Gasteiger partial charge on any atom is -0.309 e. The Hall–Kier alpha value is -7.86. The summed E-state index contributed by atoms with van der Waals surface area (Å²) in [6.07, 6.45) is 0. The van der Waals surface area contributed by atoms with Crippen LogP contribution in [0, 0.1) is 22.7 Å². The normalized spacial score (nSPS) is 11.6. The van der Waals surface area contributed by atoms with Crippen molar-refractivity contribution in [3.8, 4) is 40.3 Å². The standard InChI is InChI=1S/C50H29N5/c51-30-32-20-24-48(42(26-32)34-10-9-11-35(28-34)53-46-18-7-4-15-40(46)43-27-33(31-52)21-25-49(43)53)55-47-19-8-3-14-39(47)41-23-22-36(29-50(41)55)54-44-16-5-1-12-37(44)38-13-2-6-17-45(38)54/h1-29H. The van der Waals surface area contributed by atoms with Gasteiger partial charge >= 0.3 is 0 Å². The van der Waals surface area contributed by atoms with Gasteiger partial charge in [-0.15, -0.1) is 0 Å². The van der Waals surface area contributed by atoms with Crippen molar-refractivity contribution in [3.05, 3.63) is 187 Å². The van der Waals surface area contributed by atoms with Crippen LogP contribution in [0.15, 0.2) is 176 Å². The molecule has 0 radical (unpaired) electrons. The molecule has 5 heteroatoms. The SMILES string of the molecule is N#Cc1ccc(-n2c3ccccc3c3ccc(-n4c5ccccc5c5ccccc54)cc32)c(-c2cccc(-n3c4ccccc4c4cc(C#N)ccc43)c2)c1. The average molecular weight is 700 g/mol. The molecule has 254 valence electrons. The predicted molar refractivity (Wildman–Crippen MR) is 224 cm³/mol. The number of nitrogens with zero attached hydrogens (tertiary/aromatic N) is 5. The van der Waals surface area contributed by atoms with Crippen LogP contribution in [-0.4, -0.2) is 13.7 Å². The van der Waals surface area contributed by atoms with Gasteiger partial charge in [-0.2, -0.15) is 10.5 Å². The smallest absolute Gasteiger partial charge is 0.0991 e. The van der Waals surface area contributed by atoms with Gasteiger partial charge in [0.05, 0.1) is 62.1 Å². The molecular formula is C50H29N5. The first-order chi connectivity index (χ1) is 27.2. The van der Waals surface area contributed by atoms with Crippen LogP contribution in [0.2, 0.25) is 0 Å². The Morgan fingerprint density at radius 1 is 0.327 bits per heavy atom. The maximum Gasteiger partial charge on any atom is 0.0991 e. The van der Waals surface area contributed by atoms with E-state index in [0.29, 0.717) is 11.1 Å². The lowest BCUT2D eigenvalue weighted by atomic mass is 10.00. The van der Waals surface area contributed by atoms with Gasteiger partial charge in [-0.25, -0.2) is 0 Å². The molecular weight excluding hydrogens is 671 g/mol. The van der Waals surface area contributed by atoms with Gasteiger partial charge in [-0.3, -0.25) is 0 Å². The van der Waals surface area contributed by atoms with Gasteiger partial charge in [0, 0.05) is 49.3 Å². The first-order valence-corrected chi connectivity index (χ1v) is 18.3. The molecule has 0 aliphatic carbocycles. The van der Waals surface area contributed by atoms with E-state index in [-0.39, 0.29) is 0 Å². The fourth-order valence-electron chi connectivity index (χ4n) is 8.72. The maximum atomic E-state index is 10.2. The number of fused-ring (bicyclic) bond motifs is 9. The van der Waals surface area contributed by atoms with Crippen molar-refractivity contribution in [1.29, 1.82) is 10.5 Å². The van der Waals surface area contributed by atoms with Gasteiger partial charge in [0.2, 0.25) is 0 Å². The Kier molecular flexibility index (Phi) is 6.61. The molecule has 0 saturated heterocycles. The van der Waals surface area contributed by atoms with E-state index in [4.69, 9.17) is 0 Å². The summed E-state index contributed by atoms with van der Waals surface area (Å²) in [7, 11) is 0. The number of hydrogen-bond donors (Lipinski definition) is 0. The molecule has 0 amide bonds. The van der Waals surface area contributed by atoms with Crippen molar-refractivity contribution >= 4 is 65.4 Å². The lowest BCUT2D eigenvalue weighted by Gasteiger charge is -2.17. The van der Waals surface area contributed by atoms with Gasteiger partial charge in [0.15, 0.2) is 0 Å². The fourth-order valence-corrected chi connectivity index (χ4v) is 8.72. The zero-order valence-corrected chi connectivity index (χ0v) is 29.5. The molecule has 0 fully saturated rings. The van der Waals surface area contributed by atoms with E-state index >= 15 is 0 Å². The lowest BCUT2D eigenvalue weighted by Crippen LogP contribution is -2.00. The number of hydrogen-bond acceptors (Lipinski definition) is 2. The lowest BCUT2D eigenvalue weighted by molar-refractivity contribution is 1.15. The molecule has 0 aliphatic rings. The summed E-state index contributed by atoms with van der Waals surface area (Å²) in [4.78, 5) is 0. The molecule has 0 bridgehead atoms. The van der Waals surface area contributed by atoms with Crippen molar-refractivity contribution in [1.82, 2.24) is 13.7 Å². The summed E-state index contributed by atoms with van der Waals surface area (Å²) in [5.41, 5.74) is 12.8. The van der Waals surface area contributed by atoms with Gasteiger partial charge in [-0.1, -0.05) is 91.0 Å². The predicted octanol–water partition coefficient (Wildman–Crippen LogP) is 12.4. The number of nitriles is 2. The first-order valence-electron chi connectivity index (χ1n) is 18.3. The summed E-state index contributed by atoms with van der Waals surface area (Å²) in [6.45, 7) is 0. The molecule has 0 aliphatic heterocycles. The van der Waals surface area contributed by atoms with E-state index < -0.39 is 0 Å². The Morgan fingerprint density at radius 2 is 0.818 bits per heavy atom. The van der Waals surface area contributed by atoms with Gasteiger partial charge in [0.25, 0.3) is 0 Å². The summed E-state index contributed by atoms with van der Waals surface area (Å²) in [5.74, 6) is 0. The van der Waals surface area contributed by atoms with Crippen LogP contribution in [0.3, 0.4) is 0 Å².